The second-order valence-corrected chi connectivity index (χ2v) is 8.61. The minimum absolute atomic E-state index is 0.116. The Morgan fingerprint density at radius 1 is 0.882 bits per heavy atom. The first-order valence-corrected chi connectivity index (χ1v) is 11.8. The van der Waals surface area contributed by atoms with Crippen LogP contribution in [0.15, 0.2) is 84.9 Å². The van der Waals surface area contributed by atoms with Gasteiger partial charge in [-0.2, -0.15) is 0 Å². The monoisotopic (exact) mass is 453 g/mol. The SMILES string of the molecule is O=C(/C=C/c1ccc(CN(CCO)CCC2=C(c3ccccc3)Cc3ccccc32)cc1)CO. The molecule has 0 fully saturated rings. The Labute approximate surface area is 201 Å². The number of nitrogens with zero attached hydrogens (tertiary/aromatic N) is 1. The summed E-state index contributed by atoms with van der Waals surface area (Å²) in [4.78, 5) is 13.6. The molecule has 3 aromatic carbocycles. The van der Waals surface area contributed by atoms with Gasteiger partial charge in [0.2, 0.25) is 0 Å². The predicted molar refractivity (Wildman–Crippen MR) is 138 cm³/mol. The average Bonchev–Trinajstić information content (AvgIpc) is 3.26. The number of aliphatic hydroxyl groups is 2. The number of hydrogen-bond acceptors (Lipinski definition) is 4. The van der Waals surface area contributed by atoms with E-state index in [4.69, 9.17) is 5.11 Å². The third-order valence-electron chi connectivity index (χ3n) is 6.29. The molecule has 0 saturated carbocycles. The van der Waals surface area contributed by atoms with E-state index in [-0.39, 0.29) is 12.4 Å². The van der Waals surface area contributed by atoms with Gasteiger partial charge in [-0.1, -0.05) is 84.9 Å². The van der Waals surface area contributed by atoms with Crippen molar-refractivity contribution in [1.29, 1.82) is 0 Å². The first kappa shape index (κ1) is 23.8. The highest BCUT2D eigenvalue weighted by Gasteiger charge is 2.22. The zero-order valence-electron chi connectivity index (χ0n) is 19.4. The molecule has 4 rings (SSSR count). The largest absolute Gasteiger partial charge is 0.395 e. The van der Waals surface area contributed by atoms with Crippen LogP contribution in [0.5, 0.6) is 0 Å². The van der Waals surface area contributed by atoms with Crippen molar-refractivity contribution in [3.05, 3.63) is 113 Å². The number of aliphatic hydroxyl groups excluding tert-OH is 2. The van der Waals surface area contributed by atoms with Crippen LogP contribution in [0.3, 0.4) is 0 Å². The summed E-state index contributed by atoms with van der Waals surface area (Å²) >= 11 is 0. The molecule has 0 amide bonds. The van der Waals surface area contributed by atoms with E-state index in [0.29, 0.717) is 6.54 Å². The number of carbonyl (C=O) groups is 1. The van der Waals surface area contributed by atoms with E-state index in [0.717, 1.165) is 37.1 Å². The van der Waals surface area contributed by atoms with E-state index in [2.05, 4.69) is 59.5 Å². The summed E-state index contributed by atoms with van der Waals surface area (Å²) in [6.07, 6.45) is 4.99. The molecule has 0 atom stereocenters. The minimum atomic E-state index is -0.475. The maximum absolute atomic E-state index is 11.3. The predicted octanol–water partition coefficient (Wildman–Crippen LogP) is 4.61. The van der Waals surface area contributed by atoms with Gasteiger partial charge in [0.25, 0.3) is 0 Å². The molecule has 0 bridgehead atoms. The topological polar surface area (TPSA) is 60.8 Å². The number of rotatable bonds is 11. The molecule has 0 heterocycles. The van der Waals surface area contributed by atoms with E-state index < -0.39 is 6.61 Å². The zero-order valence-corrected chi connectivity index (χ0v) is 19.4. The summed E-state index contributed by atoms with van der Waals surface area (Å²) in [6, 6.07) is 27.3. The molecule has 34 heavy (non-hydrogen) atoms. The highest BCUT2D eigenvalue weighted by atomic mass is 16.3. The lowest BCUT2D eigenvalue weighted by molar-refractivity contribution is -0.117. The van der Waals surface area contributed by atoms with Gasteiger partial charge in [-0.3, -0.25) is 9.69 Å². The average molecular weight is 454 g/mol. The molecule has 4 nitrogen and oxygen atoms in total. The van der Waals surface area contributed by atoms with Crippen molar-refractivity contribution in [1.82, 2.24) is 4.90 Å². The molecular weight excluding hydrogens is 422 g/mol. The Balaban J connectivity index is 1.48. The smallest absolute Gasteiger partial charge is 0.181 e. The second-order valence-electron chi connectivity index (χ2n) is 8.61. The van der Waals surface area contributed by atoms with Crippen LogP contribution in [0.1, 0.15) is 34.2 Å². The molecule has 2 N–H and O–H groups in total. The van der Waals surface area contributed by atoms with Gasteiger partial charge in [-0.05, 0) is 57.9 Å². The van der Waals surface area contributed by atoms with Gasteiger partial charge >= 0.3 is 0 Å². The number of carbonyl (C=O) groups excluding carboxylic acids is 1. The molecule has 0 unspecified atom stereocenters. The van der Waals surface area contributed by atoms with Crippen LogP contribution in [0.4, 0.5) is 0 Å². The van der Waals surface area contributed by atoms with E-state index in [1.165, 1.54) is 33.9 Å². The Bertz CT molecular complexity index is 1160. The highest BCUT2D eigenvalue weighted by molar-refractivity contribution is 5.97. The first-order chi connectivity index (χ1) is 16.7. The van der Waals surface area contributed by atoms with Gasteiger partial charge in [-0.25, -0.2) is 0 Å². The molecule has 0 aliphatic heterocycles. The lowest BCUT2D eigenvalue weighted by atomic mass is 9.98. The number of ketones is 1. The van der Waals surface area contributed by atoms with Crippen LogP contribution in [0.2, 0.25) is 0 Å². The number of benzene rings is 3. The Hall–Kier alpha value is -3.31. The van der Waals surface area contributed by atoms with Crippen LogP contribution in [-0.2, 0) is 17.8 Å². The van der Waals surface area contributed by atoms with Gasteiger partial charge in [0.1, 0.15) is 6.61 Å². The highest BCUT2D eigenvalue weighted by Crippen LogP contribution is 2.40. The summed E-state index contributed by atoms with van der Waals surface area (Å²) in [6.45, 7) is 1.86. The standard InChI is InChI=1S/C30H31NO3/c32-19-18-31(21-24-12-10-23(11-13-24)14-15-27(34)22-33)17-16-29-28-9-5-4-8-26(28)20-30(29)25-6-2-1-3-7-25/h1-15,32-33H,16-22H2/b15-14+. The lowest BCUT2D eigenvalue weighted by Crippen LogP contribution is -2.27. The number of fused-ring (bicyclic) bond motifs is 1. The fourth-order valence-electron chi connectivity index (χ4n) is 4.55. The summed E-state index contributed by atoms with van der Waals surface area (Å²) in [5.74, 6) is -0.309. The van der Waals surface area contributed by atoms with Crippen molar-refractivity contribution in [3.63, 3.8) is 0 Å². The zero-order chi connectivity index (χ0) is 23.8. The fraction of sp³-hybridized carbons (Fsp3) is 0.233. The fourth-order valence-corrected chi connectivity index (χ4v) is 4.55. The summed E-state index contributed by atoms with van der Waals surface area (Å²) in [7, 11) is 0. The minimum Gasteiger partial charge on any atom is -0.395 e. The van der Waals surface area contributed by atoms with E-state index in [1.807, 2.05) is 24.3 Å². The van der Waals surface area contributed by atoms with Crippen LogP contribution >= 0.6 is 0 Å². The van der Waals surface area contributed by atoms with Gasteiger partial charge < -0.3 is 10.2 Å². The third-order valence-corrected chi connectivity index (χ3v) is 6.29. The molecular formula is C30H31NO3. The summed E-state index contributed by atoms with van der Waals surface area (Å²) in [5, 5.41) is 18.5. The molecule has 1 aliphatic rings. The molecule has 0 spiro atoms. The van der Waals surface area contributed by atoms with Gasteiger partial charge in [0.05, 0.1) is 6.61 Å². The molecule has 0 saturated heterocycles. The molecule has 1 aliphatic carbocycles. The van der Waals surface area contributed by atoms with Crippen molar-refractivity contribution in [2.24, 2.45) is 0 Å². The van der Waals surface area contributed by atoms with Crippen molar-refractivity contribution in [3.8, 4) is 0 Å². The van der Waals surface area contributed by atoms with Crippen molar-refractivity contribution >= 4 is 23.0 Å². The molecule has 174 valence electrons. The maximum Gasteiger partial charge on any atom is 0.181 e. The lowest BCUT2D eigenvalue weighted by Gasteiger charge is -2.22. The van der Waals surface area contributed by atoms with Gasteiger partial charge in [0.15, 0.2) is 5.78 Å². The van der Waals surface area contributed by atoms with Gasteiger partial charge in [-0.15, -0.1) is 0 Å². The Morgan fingerprint density at radius 3 is 2.35 bits per heavy atom. The van der Waals surface area contributed by atoms with Crippen molar-refractivity contribution < 1.29 is 15.0 Å². The van der Waals surface area contributed by atoms with E-state index in [9.17, 15) is 9.90 Å². The molecule has 0 radical (unpaired) electrons. The normalized spacial score (nSPS) is 13.1. The van der Waals surface area contributed by atoms with Gasteiger partial charge in [0, 0.05) is 19.6 Å². The Morgan fingerprint density at radius 2 is 1.62 bits per heavy atom. The van der Waals surface area contributed by atoms with Crippen LogP contribution in [0.25, 0.3) is 17.2 Å². The first-order valence-electron chi connectivity index (χ1n) is 11.8. The quantitative estimate of drug-likeness (QED) is 0.416. The van der Waals surface area contributed by atoms with E-state index >= 15 is 0 Å². The summed E-state index contributed by atoms with van der Waals surface area (Å²) in [5.41, 5.74) is 8.89. The van der Waals surface area contributed by atoms with Crippen molar-refractivity contribution in [2.75, 3.05) is 26.3 Å². The molecule has 0 aromatic heterocycles. The maximum atomic E-state index is 11.3. The van der Waals surface area contributed by atoms with Crippen LogP contribution in [-0.4, -0.2) is 47.2 Å². The second kappa shape index (κ2) is 11.7. The summed E-state index contributed by atoms with van der Waals surface area (Å²) < 4.78 is 0. The van der Waals surface area contributed by atoms with Crippen molar-refractivity contribution in [2.45, 2.75) is 19.4 Å². The number of hydrogen-bond donors (Lipinski definition) is 2. The Kier molecular flexibility index (Phi) is 8.21. The van der Waals surface area contributed by atoms with Crippen LogP contribution < -0.4 is 0 Å². The molecule has 4 heteroatoms. The third kappa shape index (κ3) is 5.97. The number of allylic oxidation sites excluding steroid dienone is 1. The van der Waals surface area contributed by atoms with Crippen LogP contribution in [0, 0.1) is 0 Å². The molecule has 3 aromatic rings. The van der Waals surface area contributed by atoms with E-state index in [1.54, 1.807) is 6.08 Å².